The Morgan fingerprint density at radius 3 is 2.57 bits per heavy atom. The van der Waals surface area contributed by atoms with E-state index in [4.69, 9.17) is 0 Å². The standard InChI is InChI=1S/C15H26N4OS/c1-4-19(5-2)12-7-6-9-16-14(20)13(3)21-15-17-10-8-11-18-15/h8,10-11,13H,4-7,9,12H2,1-3H3,(H,16,20). The summed E-state index contributed by atoms with van der Waals surface area (Å²) in [5.41, 5.74) is 0. The van der Waals surface area contributed by atoms with Crippen LogP contribution in [0.15, 0.2) is 23.6 Å². The molecule has 1 amide bonds. The summed E-state index contributed by atoms with van der Waals surface area (Å²) in [4.78, 5) is 22.6. The summed E-state index contributed by atoms with van der Waals surface area (Å²) >= 11 is 1.39. The number of aromatic nitrogens is 2. The second-order valence-corrected chi connectivity index (χ2v) is 6.12. The zero-order chi connectivity index (χ0) is 15.5. The van der Waals surface area contributed by atoms with Gasteiger partial charge in [0.2, 0.25) is 5.91 Å². The number of amides is 1. The highest BCUT2D eigenvalue weighted by Gasteiger charge is 2.14. The van der Waals surface area contributed by atoms with E-state index in [2.05, 4.69) is 34.0 Å². The van der Waals surface area contributed by atoms with Crippen LogP contribution in [0.2, 0.25) is 0 Å². The molecule has 5 nitrogen and oxygen atoms in total. The van der Waals surface area contributed by atoms with Gasteiger partial charge in [0.05, 0.1) is 5.25 Å². The molecule has 0 aliphatic carbocycles. The normalized spacial score (nSPS) is 12.4. The van der Waals surface area contributed by atoms with Crippen LogP contribution < -0.4 is 5.32 Å². The molecule has 0 saturated carbocycles. The number of hydrogen-bond donors (Lipinski definition) is 1. The number of unbranched alkanes of at least 4 members (excludes halogenated alkanes) is 1. The Bertz CT molecular complexity index is 398. The first-order valence-corrected chi connectivity index (χ1v) is 8.49. The monoisotopic (exact) mass is 310 g/mol. The third-order valence-electron chi connectivity index (χ3n) is 3.29. The Kier molecular flexibility index (Phi) is 9.01. The van der Waals surface area contributed by atoms with Gasteiger partial charge in [-0.15, -0.1) is 0 Å². The molecule has 1 rings (SSSR count). The van der Waals surface area contributed by atoms with Crippen LogP contribution in [0.25, 0.3) is 0 Å². The van der Waals surface area contributed by atoms with Crippen LogP contribution in [0.1, 0.15) is 33.6 Å². The van der Waals surface area contributed by atoms with Gasteiger partial charge in [0.1, 0.15) is 0 Å². The maximum atomic E-state index is 12.0. The fourth-order valence-corrected chi connectivity index (χ4v) is 2.66. The molecule has 0 saturated heterocycles. The maximum Gasteiger partial charge on any atom is 0.233 e. The lowest BCUT2D eigenvalue weighted by molar-refractivity contribution is -0.120. The van der Waals surface area contributed by atoms with Gasteiger partial charge < -0.3 is 10.2 Å². The summed E-state index contributed by atoms with van der Waals surface area (Å²) in [5.74, 6) is 0.0512. The number of nitrogens with zero attached hydrogens (tertiary/aromatic N) is 3. The predicted octanol–water partition coefficient (Wildman–Crippen LogP) is 2.20. The number of thioether (sulfide) groups is 1. The summed E-state index contributed by atoms with van der Waals surface area (Å²) in [7, 11) is 0. The minimum Gasteiger partial charge on any atom is -0.355 e. The molecule has 0 spiro atoms. The van der Waals surface area contributed by atoms with Gasteiger partial charge in [0.25, 0.3) is 0 Å². The minimum atomic E-state index is -0.171. The van der Waals surface area contributed by atoms with Gasteiger partial charge in [-0.2, -0.15) is 0 Å². The summed E-state index contributed by atoms with van der Waals surface area (Å²) < 4.78 is 0. The number of carbonyl (C=O) groups excluding carboxylic acids is 1. The Labute approximate surface area is 131 Å². The molecule has 1 unspecified atom stereocenters. The van der Waals surface area contributed by atoms with Crippen molar-refractivity contribution in [1.82, 2.24) is 20.2 Å². The third-order valence-corrected chi connectivity index (χ3v) is 4.28. The quantitative estimate of drug-likeness (QED) is 0.408. The summed E-state index contributed by atoms with van der Waals surface area (Å²) in [6.07, 6.45) is 5.51. The van der Waals surface area contributed by atoms with Crippen LogP contribution in [0.3, 0.4) is 0 Å². The fraction of sp³-hybridized carbons (Fsp3) is 0.667. The van der Waals surface area contributed by atoms with Crippen molar-refractivity contribution in [1.29, 1.82) is 0 Å². The summed E-state index contributed by atoms with van der Waals surface area (Å²) in [5, 5.41) is 3.45. The van der Waals surface area contributed by atoms with Crippen LogP contribution in [-0.2, 0) is 4.79 Å². The largest absolute Gasteiger partial charge is 0.355 e. The molecule has 0 radical (unpaired) electrons. The van der Waals surface area contributed by atoms with Gasteiger partial charge in [-0.1, -0.05) is 25.6 Å². The third kappa shape index (κ3) is 7.43. The van der Waals surface area contributed by atoms with Crippen molar-refractivity contribution >= 4 is 17.7 Å². The molecule has 21 heavy (non-hydrogen) atoms. The van der Waals surface area contributed by atoms with Crippen molar-refractivity contribution in [2.75, 3.05) is 26.2 Å². The molecule has 1 atom stereocenters. The second kappa shape index (κ2) is 10.6. The van der Waals surface area contributed by atoms with Crippen molar-refractivity contribution in [3.05, 3.63) is 18.5 Å². The van der Waals surface area contributed by atoms with Crippen LogP contribution in [0.4, 0.5) is 0 Å². The molecule has 0 aromatic carbocycles. The summed E-state index contributed by atoms with van der Waals surface area (Å²) in [6.45, 7) is 10.3. The van der Waals surface area contributed by atoms with Crippen molar-refractivity contribution in [2.45, 2.75) is 44.0 Å². The van der Waals surface area contributed by atoms with E-state index in [0.717, 1.165) is 39.0 Å². The van der Waals surface area contributed by atoms with Crippen molar-refractivity contribution in [3.63, 3.8) is 0 Å². The van der Waals surface area contributed by atoms with E-state index in [1.807, 2.05) is 6.92 Å². The lowest BCUT2D eigenvalue weighted by atomic mass is 10.3. The summed E-state index contributed by atoms with van der Waals surface area (Å²) in [6, 6.07) is 1.77. The number of rotatable bonds is 10. The Hall–Kier alpha value is -1.14. The molecule has 118 valence electrons. The minimum absolute atomic E-state index is 0.0512. The van der Waals surface area contributed by atoms with E-state index in [0.29, 0.717) is 5.16 Å². The van der Waals surface area contributed by atoms with Gasteiger partial charge in [-0.25, -0.2) is 9.97 Å². The van der Waals surface area contributed by atoms with E-state index in [-0.39, 0.29) is 11.2 Å². The fourth-order valence-electron chi connectivity index (χ4n) is 1.91. The molecule has 1 aromatic heterocycles. The van der Waals surface area contributed by atoms with Crippen LogP contribution in [0, 0.1) is 0 Å². The van der Waals surface area contributed by atoms with E-state index in [1.54, 1.807) is 18.5 Å². The number of carbonyl (C=O) groups is 1. The van der Waals surface area contributed by atoms with Crippen LogP contribution in [-0.4, -0.2) is 52.2 Å². The number of nitrogens with one attached hydrogen (secondary N) is 1. The molecule has 1 aromatic rings. The molecular formula is C15H26N4OS. The van der Waals surface area contributed by atoms with Gasteiger partial charge in [-0.05, 0) is 45.5 Å². The highest BCUT2D eigenvalue weighted by molar-refractivity contribution is 8.00. The van der Waals surface area contributed by atoms with Gasteiger partial charge in [-0.3, -0.25) is 4.79 Å². The maximum absolute atomic E-state index is 12.0. The van der Waals surface area contributed by atoms with E-state index >= 15 is 0 Å². The molecule has 6 heteroatoms. The first-order chi connectivity index (χ1) is 10.2. The highest BCUT2D eigenvalue weighted by atomic mass is 32.2. The Morgan fingerprint density at radius 2 is 1.95 bits per heavy atom. The number of hydrogen-bond acceptors (Lipinski definition) is 5. The zero-order valence-corrected chi connectivity index (χ0v) is 14.0. The van der Waals surface area contributed by atoms with Crippen LogP contribution in [0.5, 0.6) is 0 Å². The smallest absolute Gasteiger partial charge is 0.233 e. The zero-order valence-electron chi connectivity index (χ0n) is 13.2. The molecule has 0 bridgehead atoms. The molecule has 0 fully saturated rings. The van der Waals surface area contributed by atoms with E-state index in [9.17, 15) is 4.79 Å². The van der Waals surface area contributed by atoms with E-state index < -0.39 is 0 Å². The van der Waals surface area contributed by atoms with Crippen molar-refractivity contribution in [2.24, 2.45) is 0 Å². The lowest BCUT2D eigenvalue weighted by Gasteiger charge is -2.17. The van der Waals surface area contributed by atoms with Crippen molar-refractivity contribution in [3.8, 4) is 0 Å². The van der Waals surface area contributed by atoms with Gasteiger partial charge in [0.15, 0.2) is 5.16 Å². The van der Waals surface area contributed by atoms with Gasteiger partial charge >= 0.3 is 0 Å². The Morgan fingerprint density at radius 1 is 1.29 bits per heavy atom. The lowest BCUT2D eigenvalue weighted by Crippen LogP contribution is -2.32. The second-order valence-electron chi connectivity index (χ2n) is 4.82. The predicted molar refractivity (Wildman–Crippen MR) is 87.4 cm³/mol. The van der Waals surface area contributed by atoms with Crippen LogP contribution >= 0.6 is 11.8 Å². The SMILES string of the molecule is CCN(CC)CCCCNC(=O)C(C)Sc1ncccn1. The average molecular weight is 310 g/mol. The molecule has 1 N–H and O–H groups in total. The molecular weight excluding hydrogens is 284 g/mol. The molecule has 1 heterocycles. The van der Waals surface area contributed by atoms with Crippen molar-refractivity contribution < 1.29 is 4.79 Å². The average Bonchev–Trinajstić information content (AvgIpc) is 2.51. The van der Waals surface area contributed by atoms with Gasteiger partial charge in [0, 0.05) is 18.9 Å². The molecule has 0 aliphatic heterocycles. The highest BCUT2D eigenvalue weighted by Crippen LogP contribution is 2.17. The first-order valence-electron chi connectivity index (χ1n) is 7.61. The Balaban J connectivity index is 2.15. The van der Waals surface area contributed by atoms with E-state index in [1.165, 1.54) is 11.8 Å². The first kappa shape index (κ1) is 17.9. The topological polar surface area (TPSA) is 58.1 Å². The molecule has 0 aliphatic rings.